The largest absolute Gasteiger partial charge is 0.355 e. The predicted molar refractivity (Wildman–Crippen MR) is 113 cm³/mol. The number of aryl methyl sites for hydroxylation is 2. The molecule has 0 bridgehead atoms. The molecule has 5 nitrogen and oxygen atoms in total. The Morgan fingerprint density at radius 2 is 1.93 bits per heavy atom. The van der Waals surface area contributed by atoms with Crippen molar-refractivity contribution in [3.05, 3.63) is 69.8 Å². The minimum absolute atomic E-state index is 0.0867. The number of nitrogens with zero attached hydrogens (tertiary/aromatic N) is 2. The number of benzene rings is 2. The molecule has 0 saturated heterocycles. The Kier molecular flexibility index (Phi) is 6.47. The lowest BCUT2D eigenvalue weighted by Crippen LogP contribution is -2.36. The van der Waals surface area contributed by atoms with Crippen molar-refractivity contribution < 1.29 is 13.7 Å². The number of hydrogen-bond donors (Lipinski definition) is 1. The van der Waals surface area contributed by atoms with Crippen LogP contribution in [0.4, 0.5) is 4.39 Å². The summed E-state index contributed by atoms with van der Waals surface area (Å²) < 4.78 is 19.9. The van der Waals surface area contributed by atoms with E-state index in [1.54, 1.807) is 19.1 Å². The molecule has 1 amide bonds. The highest BCUT2D eigenvalue weighted by Crippen LogP contribution is 2.24. The van der Waals surface area contributed by atoms with Crippen LogP contribution in [0.1, 0.15) is 37.3 Å². The van der Waals surface area contributed by atoms with Gasteiger partial charge in [-0.25, -0.2) is 4.39 Å². The first kappa shape index (κ1) is 21.2. The summed E-state index contributed by atoms with van der Waals surface area (Å²) in [5, 5.41) is 6.85. The average molecular weight is 460 g/mol. The topological polar surface area (TPSA) is 68.0 Å². The lowest BCUT2D eigenvalue weighted by Gasteiger charge is -2.25. The van der Waals surface area contributed by atoms with Crippen LogP contribution in [-0.2, 0) is 16.6 Å². The molecule has 0 aliphatic rings. The second-order valence-corrected chi connectivity index (χ2v) is 8.56. The quantitative estimate of drug-likeness (QED) is 0.541. The van der Waals surface area contributed by atoms with Crippen LogP contribution < -0.4 is 5.32 Å². The Labute approximate surface area is 177 Å². The van der Waals surface area contributed by atoms with E-state index < -0.39 is 0 Å². The van der Waals surface area contributed by atoms with Crippen LogP contribution in [-0.4, -0.2) is 22.6 Å². The maximum Gasteiger partial charge on any atom is 0.227 e. The Morgan fingerprint density at radius 3 is 2.62 bits per heavy atom. The number of aromatic nitrogens is 2. The van der Waals surface area contributed by atoms with Crippen LogP contribution >= 0.6 is 15.9 Å². The summed E-state index contributed by atoms with van der Waals surface area (Å²) >= 11 is 3.43. The zero-order valence-electron chi connectivity index (χ0n) is 16.6. The molecule has 3 rings (SSSR count). The monoisotopic (exact) mass is 459 g/mol. The molecule has 152 valence electrons. The highest BCUT2D eigenvalue weighted by Gasteiger charge is 2.21. The van der Waals surface area contributed by atoms with Crippen molar-refractivity contribution in [2.45, 2.75) is 39.0 Å². The first-order valence-electron chi connectivity index (χ1n) is 9.36. The summed E-state index contributed by atoms with van der Waals surface area (Å²) in [4.78, 5) is 16.5. The zero-order chi connectivity index (χ0) is 21.0. The molecule has 1 N–H and O–H groups in total. The van der Waals surface area contributed by atoms with Gasteiger partial charge in [0, 0.05) is 34.8 Å². The summed E-state index contributed by atoms with van der Waals surface area (Å²) in [6, 6.07) is 12.9. The molecular weight excluding hydrogens is 437 g/mol. The molecule has 1 aromatic heterocycles. The molecule has 0 saturated carbocycles. The number of carbonyl (C=O) groups excluding carboxylic acids is 1. The van der Waals surface area contributed by atoms with E-state index in [-0.39, 0.29) is 23.6 Å². The van der Waals surface area contributed by atoms with Crippen molar-refractivity contribution in [3.63, 3.8) is 0 Å². The van der Waals surface area contributed by atoms with Crippen molar-refractivity contribution in [1.29, 1.82) is 0 Å². The third-order valence-electron chi connectivity index (χ3n) is 4.82. The van der Waals surface area contributed by atoms with Crippen LogP contribution in [0, 0.1) is 12.7 Å². The number of halogens is 2. The van der Waals surface area contributed by atoms with Gasteiger partial charge in [-0.3, -0.25) is 4.79 Å². The molecule has 29 heavy (non-hydrogen) atoms. The summed E-state index contributed by atoms with van der Waals surface area (Å²) in [6.07, 6.45) is 0.562. The van der Waals surface area contributed by atoms with Gasteiger partial charge >= 0.3 is 0 Å². The fourth-order valence-corrected chi connectivity index (χ4v) is 3.10. The Balaban J connectivity index is 1.52. The molecule has 2 aromatic carbocycles. The van der Waals surface area contributed by atoms with Crippen LogP contribution in [0.25, 0.3) is 11.4 Å². The summed E-state index contributed by atoms with van der Waals surface area (Å²) in [5.74, 6) is 0.261. The molecule has 0 radical (unpaired) electrons. The van der Waals surface area contributed by atoms with Gasteiger partial charge in [-0.2, -0.15) is 4.98 Å². The van der Waals surface area contributed by atoms with E-state index in [2.05, 4.69) is 45.2 Å². The number of carbonyl (C=O) groups is 1. The van der Waals surface area contributed by atoms with E-state index in [4.69, 9.17) is 4.52 Å². The maximum atomic E-state index is 13.7. The lowest BCUT2D eigenvalue weighted by molar-refractivity contribution is -0.121. The van der Waals surface area contributed by atoms with Gasteiger partial charge in [-0.1, -0.05) is 59.2 Å². The van der Waals surface area contributed by atoms with E-state index in [1.807, 2.05) is 24.3 Å². The summed E-state index contributed by atoms with van der Waals surface area (Å²) in [6.45, 7) is 6.38. The second-order valence-electron chi connectivity index (χ2n) is 7.64. The first-order valence-corrected chi connectivity index (χ1v) is 10.2. The lowest BCUT2D eigenvalue weighted by atomic mass is 9.84. The molecular formula is C22H23BrFN3O2. The fourth-order valence-electron chi connectivity index (χ4n) is 2.84. The van der Waals surface area contributed by atoms with Crippen molar-refractivity contribution in [1.82, 2.24) is 15.5 Å². The number of nitrogens with one attached hydrogen (secondary N) is 1. The van der Waals surface area contributed by atoms with E-state index >= 15 is 0 Å². The van der Waals surface area contributed by atoms with Crippen LogP contribution in [0.15, 0.2) is 51.5 Å². The average Bonchev–Trinajstić information content (AvgIpc) is 3.16. The van der Waals surface area contributed by atoms with Gasteiger partial charge < -0.3 is 9.84 Å². The molecule has 0 fully saturated rings. The maximum absolute atomic E-state index is 13.7. The number of amides is 1. The molecule has 0 aliphatic carbocycles. The van der Waals surface area contributed by atoms with Gasteiger partial charge in [0.1, 0.15) is 5.82 Å². The van der Waals surface area contributed by atoms with E-state index in [1.165, 1.54) is 6.07 Å². The SMILES string of the molecule is Cc1ccc(-c2noc(CCC(=O)NCC(C)(C)c3ccc(Br)cc3)n2)cc1F. The molecule has 0 spiro atoms. The van der Waals surface area contributed by atoms with Gasteiger partial charge in [0.25, 0.3) is 0 Å². The summed E-state index contributed by atoms with van der Waals surface area (Å²) in [7, 11) is 0. The van der Waals surface area contributed by atoms with Crippen LogP contribution in [0.3, 0.4) is 0 Å². The third-order valence-corrected chi connectivity index (χ3v) is 5.35. The Bertz CT molecular complexity index is 1000. The van der Waals surface area contributed by atoms with Crippen molar-refractivity contribution in [2.24, 2.45) is 0 Å². The molecule has 1 heterocycles. The van der Waals surface area contributed by atoms with Gasteiger partial charge in [-0.05, 0) is 36.2 Å². The van der Waals surface area contributed by atoms with E-state index in [0.29, 0.717) is 35.8 Å². The van der Waals surface area contributed by atoms with Gasteiger partial charge in [0.2, 0.25) is 17.6 Å². The molecule has 0 atom stereocenters. The second kappa shape index (κ2) is 8.86. The molecule has 3 aromatic rings. The van der Waals surface area contributed by atoms with Gasteiger partial charge in [0.15, 0.2) is 0 Å². The molecule has 0 aliphatic heterocycles. The Hall–Kier alpha value is -2.54. The predicted octanol–water partition coefficient (Wildman–Crippen LogP) is 4.97. The summed E-state index contributed by atoms with van der Waals surface area (Å²) in [5.41, 5.74) is 2.06. The highest BCUT2D eigenvalue weighted by atomic mass is 79.9. The van der Waals surface area contributed by atoms with Crippen LogP contribution in [0.5, 0.6) is 0 Å². The highest BCUT2D eigenvalue weighted by molar-refractivity contribution is 9.10. The minimum Gasteiger partial charge on any atom is -0.355 e. The first-order chi connectivity index (χ1) is 13.7. The van der Waals surface area contributed by atoms with Gasteiger partial charge in [-0.15, -0.1) is 0 Å². The van der Waals surface area contributed by atoms with Crippen LogP contribution in [0.2, 0.25) is 0 Å². The van der Waals surface area contributed by atoms with Crippen molar-refractivity contribution in [3.8, 4) is 11.4 Å². The standard InChI is InChI=1S/C22H23BrFN3O2/c1-14-4-5-15(12-18(14)24)21-26-20(29-27-21)11-10-19(28)25-13-22(2,3)16-6-8-17(23)9-7-16/h4-9,12H,10-11,13H2,1-3H3,(H,25,28). The molecule has 0 unspecified atom stereocenters. The fraction of sp³-hybridized carbons (Fsp3) is 0.318. The third kappa shape index (κ3) is 5.50. The minimum atomic E-state index is -0.318. The van der Waals surface area contributed by atoms with E-state index in [0.717, 1.165) is 10.0 Å². The molecule has 7 heteroatoms. The van der Waals surface area contributed by atoms with Gasteiger partial charge in [0.05, 0.1) is 0 Å². The smallest absolute Gasteiger partial charge is 0.227 e. The zero-order valence-corrected chi connectivity index (χ0v) is 18.2. The Morgan fingerprint density at radius 1 is 1.21 bits per heavy atom. The van der Waals surface area contributed by atoms with E-state index in [9.17, 15) is 9.18 Å². The number of rotatable bonds is 7. The van der Waals surface area contributed by atoms with Crippen molar-refractivity contribution in [2.75, 3.05) is 6.54 Å². The van der Waals surface area contributed by atoms with Crippen molar-refractivity contribution >= 4 is 21.8 Å². The normalized spacial score (nSPS) is 11.5. The number of hydrogen-bond acceptors (Lipinski definition) is 4.